The number of hydrogen-bond acceptors (Lipinski definition) is 8. The smallest absolute Gasteiger partial charge is 0.251 e. The molecule has 33 heavy (non-hydrogen) atoms. The highest BCUT2D eigenvalue weighted by Crippen LogP contribution is 2.25. The van der Waals surface area contributed by atoms with E-state index in [0.717, 1.165) is 11.4 Å². The van der Waals surface area contributed by atoms with Crippen LogP contribution in [-0.2, 0) is 6.61 Å². The molecule has 0 radical (unpaired) electrons. The number of carbonyl (C=O) groups is 1. The van der Waals surface area contributed by atoms with Gasteiger partial charge in [0.05, 0.1) is 25.2 Å². The Morgan fingerprint density at radius 2 is 1.91 bits per heavy atom. The monoisotopic (exact) mass is 449 g/mol. The molecule has 0 aliphatic rings. The molecule has 4 aromatic rings. The molecule has 0 bridgehead atoms. The van der Waals surface area contributed by atoms with Crippen molar-refractivity contribution in [3.63, 3.8) is 0 Å². The van der Waals surface area contributed by atoms with Gasteiger partial charge in [-0.3, -0.25) is 4.79 Å². The molecule has 0 fully saturated rings. The summed E-state index contributed by atoms with van der Waals surface area (Å²) in [6.07, 6.45) is 6.02. The number of hydrogen-bond donors (Lipinski definition) is 2. The summed E-state index contributed by atoms with van der Waals surface area (Å²) in [6.45, 7) is -0.132. The molecule has 168 valence electrons. The molecule has 0 spiro atoms. The zero-order chi connectivity index (χ0) is 23.2. The summed E-state index contributed by atoms with van der Waals surface area (Å²) in [5.74, 6) is -0.294. The maximum absolute atomic E-state index is 14.6. The first-order valence-electron chi connectivity index (χ1n) is 9.83. The van der Waals surface area contributed by atoms with Gasteiger partial charge in [0.25, 0.3) is 5.91 Å². The highest BCUT2D eigenvalue weighted by molar-refractivity contribution is 5.94. The molecule has 2 aromatic heterocycles. The highest BCUT2D eigenvalue weighted by Gasteiger charge is 2.15. The summed E-state index contributed by atoms with van der Waals surface area (Å²) in [4.78, 5) is 24.3. The predicted octanol–water partition coefficient (Wildman–Crippen LogP) is 2.89. The number of nitrogens with zero attached hydrogens (tertiary/aromatic N) is 5. The van der Waals surface area contributed by atoms with E-state index in [1.807, 2.05) is 24.3 Å². The minimum atomic E-state index is -0.598. The van der Waals surface area contributed by atoms with E-state index in [1.54, 1.807) is 11.0 Å². The van der Waals surface area contributed by atoms with Gasteiger partial charge in [0.15, 0.2) is 17.3 Å². The van der Waals surface area contributed by atoms with Crippen LogP contribution in [0.25, 0.3) is 5.69 Å². The predicted molar refractivity (Wildman–Crippen MR) is 117 cm³/mol. The molecule has 4 rings (SSSR count). The fraction of sp³-hybridized carbons (Fsp3) is 0.136. The topological polar surface area (TPSA) is 116 Å². The fourth-order valence-corrected chi connectivity index (χ4v) is 2.97. The van der Waals surface area contributed by atoms with Crippen LogP contribution in [0.3, 0.4) is 0 Å². The second kappa shape index (κ2) is 9.73. The third-order valence-corrected chi connectivity index (χ3v) is 4.65. The van der Waals surface area contributed by atoms with Crippen molar-refractivity contribution in [3.8, 4) is 17.2 Å². The van der Waals surface area contributed by atoms with Gasteiger partial charge in [-0.2, -0.15) is 5.10 Å². The van der Waals surface area contributed by atoms with Gasteiger partial charge >= 0.3 is 0 Å². The van der Waals surface area contributed by atoms with Crippen molar-refractivity contribution in [2.75, 3.05) is 19.5 Å². The summed E-state index contributed by atoms with van der Waals surface area (Å²) in [6, 6.07) is 10.2. The van der Waals surface area contributed by atoms with Crippen LogP contribution in [0.1, 0.15) is 15.9 Å². The Hall–Kier alpha value is -4.54. The van der Waals surface area contributed by atoms with Crippen LogP contribution < -0.4 is 20.1 Å². The first-order valence-corrected chi connectivity index (χ1v) is 9.83. The summed E-state index contributed by atoms with van der Waals surface area (Å²) >= 11 is 0. The SMILES string of the molecule is CNC(=O)c1cc(COc2cnc(Nc3ccc(-n4cncn4)cc3)nc2)c(F)c(OC)c1. The lowest BCUT2D eigenvalue weighted by molar-refractivity contribution is 0.0962. The molecule has 2 aromatic carbocycles. The molecular formula is C22H20FN7O3. The number of aromatic nitrogens is 5. The third kappa shape index (κ3) is 5.03. The van der Waals surface area contributed by atoms with Gasteiger partial charge in [-0.25, -0.2) is 24.0 Å². The number of ether oxygens (including phenoxy) is 2. The molecule has 0 saturated heterocycles. The second-order valence-corrected chi connectivity index (χ2v) is 6.77. The lowest BCUT2D eigenvalue weighted by Crippen LogP contribution is -2.18. The van der Waals surface area contributed by atoms with Gasteiger partial charge in [-0.05, 0) is 36.4 Å². The maximum atomic E-state index is 14.6. The van der Waals surface area contributed by atoms with E-state index >= 15 is 0 Å². The Morgan fingerprint density at radius 1 is 1.15 bits per heavy atom. The van der Waals surface area contributed by atoms with Gasteiger partial charge in [-0.15, -0.1) is 0 Å². The molecule has 0 atom stereocenters. The Labute approximate surface area is 188 Å². The van der Waals surface area contributed by atoms with Crippen molar-refractivity contribution in [1.82, 2.24) is 30.0 Å². The average molecular weight is 449 g/mol. The quantitative estimate of drug-likeness (QED) is 0.422. The molecular weight excluding hydrogens is 429 g/mol. The minimum absolute atomic E-state index is 0.0414. The Kier molecular flexibility index (Phi) is 6.39. The van der Waals surface area contributed by atoms with Crippen molar-refractivity contribution in [3.05, 3.63) is 78.4 Å². The molecule has 2 heterocycles. The molecule has 1 amide bonds. The van der Waals surface area contributed by atoms with Gasteiger partial charge in [-0.1, -0.05) is 0 Å². The average Bonchev–Trinajstić information content (AvgIpc) is 3.39. The first kappa shape index (κ1) is 21.7. The summed E-state index contributed by atoms with van der Waals surface area (Å²) in [5, 5.41) is 9.66. The molecule has 2 N–H and O–H groups in total. The summed E-state index contributed by atoms with van der Waals surface area (Å²) in [5.41, 5.74) is 2.09. The van der Waals surface area contributed by atoms with Gasteiger partial charge in [0.1, 0.15) is 19.3 Å². The fourth-order valence-electron chi connectivity index (χ4n) is 2.97. The van der Waals surface area contributed by atoms with E-state index in [0.29, 0.717) is 11.7 Å². The number of carbonyl (C=O) groups excluding carboxylic acids is 1. The number of rotatable bonds is 8. The van der Waals surface area contributed by atoms with Crippen LogP contribution in [0.2, 0.25) is 0 Å². The molecule has 0 aliphatic carbocycles. The standard InChI is InChI=1S/C22H20FN7O3/c1-24-21(31)14-7-15(20(23)19(8-14)32-2)11-33-18-9-26-22(27-10-18)29-16-3-5-17(6-4-16)30-13-25-12-28-30/h3-10,12-13H,11H2,1-2H3,(H,24,31)(H,26,27,29). The number of halogens is 1. The lowest BCUT2D eigenvalue weighted by Gasteiger charge is -2.12. The van der Waals surface area contributed by atoms with Gasteiger partial charge < -0.3 is 20.1 Å². The van der Waals surface area contributed by atoms with Crippen LogP contribution in [-0.4, -0.2) is 44.8 Å². The first-order chi connectivity index (χ1) is 16.1. The zero-order valence-corrected chi connectivity index (χ0v) is 17.8. The van der Waals surface area contributed by atoms with E-state index in [2.05, 4.69) is 30.7 Å². The normalized spacial score (nSPS) is 10.5. The number of anilines is 2. The van der Waals surface area contributed by atoms with E-state index in [4.69, 9.17) is 9.47 Å². The zero-order valence-electron chi connectivity index (χ0n) is 17.8. The largest absolute Gasteiger partial charge is 0.494 e. The van der Waals surface area contributed by atoms with Crippen molar-refractivity contribution < 1.29 is 18.7 Å². The number of nitrogens with one attached hydrogen (secondary N) is 2. The van der Waals surface area contributed by atoms with Crippen molar-refractivity contribution in [2.24, 2.45) is 0 Å². The molecule has 0 saturated carbocycles. The number of amides is 1. The maximum Gasteiger partial charge on any atom is 0.251 e. The van der Waals surface area contributed by atoms with Crippen LogP contribution in [0.4, 0.5) is 16.0 Å². The van der Waals surface area contributed by atoms with Gasteiger partial charge in [0, 0.05) is 23.9 Å². The number of benzene rings is 2. The van der Waals surface area contributed by atoms with Crippen molar-refractivity contribution >= 4 is 17.5 Å². The Morgan fingerprint density at radius 3 is 2.55 bits per heavy atom. The third-order valence-electron chi connectivity index (χ3n) is 4.65. The number of methoxy groups -OCH3 is 1. The molecule has 11 heteroatoms. The second-order valence-electron chi connectivity index (χ2n) is 6.77. The van der Waals surface area contributed by atoms with Crippen molar-refractivity contribution in [2.45, 2.75) is 6.61 Å². The van der Waals surface area contributed by atoms with E-state index in [-0.39, 0.29) is 29.4 Å². The van der Waals surface area contributed by atoms with E-state index < -0.39 is 5.82 Å². The van der Waals surface area contributed by atoms with Crippen molar-refractivity contribution in [1.29, 1.82) is 0 Å². The van der Waals surface area contributed by atoms with Crippen LogP contribution in [0.15, 0.2) is 61.4 Å². The highest BCUT2D eigenvalue weighted by atomic mass is 19.1. The molecule has 10 nitrogen and oxygen atoms in total. The minimum Gasteiger partial charge on any atom is -0.494 e. The van der Waals surface area contributed by atoms with Gasteiger partial charge in [0.2, 0.25) is 5.95 Å². The molecule has 0 unspecified atom stereocenters. The summed E-state index contributed by atoms with van der Waals surface area (Å²) in [7, 11) is 2.82. The van der Waals surface area contributed by atoms with E-state index in [1.165, 1.54) is 45.0 Å². The Balaban J connectivity index is 1.40. The van der Waals surface area contributed by atoms with Crippen LogP contribution in [0.5, 0.6) is 11.5 Å². The Bertz CT molecular complexity index is 1230. The summed E-state index contributed by atoms with van der Waals surface area (Å²) < 4.78 is 26.8. The van der Waals surface area contributed by atoms with Crippen LogP contribution >= 0.6 is 0 Å². The van der Waals surface area contributed by atoms with E-state index in [9.17, 15) is 9.18 Å². The molecule has 0 aliphatic heterocycles. The van der Waals surface area contributed by atoms with Crippen LogP contribution in [0, 0.1) is 5.82 Å². The lowest BCUT2D eigenvalue weighted by atomic mass is 10.1.